The normalized spacial score (nSPS) is 10.3. The quantitative estimate of drug-likeness (QED) is 0.846. The van der Waals surface area contributed by atoms with Crippen molar-refractivity contribution < 1.29 is 9.84 Å². The first-order valence-electron chi connectivity index (χ1n) is 6.17. The van der Waals surface area contributed by atoms with Crippen molar-refractivity contribution in [1.29, 1.82) is 0 Å². The topological polar surface area (TPSA) is 68.4 Å². The molecule has 0 aliphatic heterocycles. The Hall–Kier alpha value is -1.98. The number of aryl methyl sites for hydroxylation is 2. The second kappa shape index (κ2) is 5.98. The van der Waals surface area contributed by atoms with Gasteiger partial charge < -0.3 is 15.6 Å². The molecule has 0 spiro atoms. The van der Waals surface area contributed by atoms with Gasteiger partial charge in [-0.1, -0.05) is 30.4 Å². The van der Waals surface area contributed by atoms with Crippen molar-refractivity contribution in [2.24, 2.45) is 5.73 Å². The summed E-state index contributed by atoms with van der Waals surface area (Å²) in [5, 5.41) is 9.33. The molecule has 3 N–H and O–H groups in total. The summed E-state index contributed by atoms with van der Waals surface area (Å²) >= 11 is 5.07. The lowest BCUT2D eigenvalue weighted by Gasteiger charge is -2.14. The van der Waals surface area contributed by atoms with Crippen molar-refractivity contribution in [2.75, 3.05) is 0 Å². The molecule has 0 aliphatic rings. The average molecular weight is 288 g/mol. The summed E-state index contributed by atoms with van der Waals surface area (Å²) in [6, 6.07) is 9.13. The van der Waals surface area contributed by atoms with Crippen molar-refractivity contribution in [3.05, 3.63) is 52.7 Å². The molecular formula is C15H16N2O2S. The predicted molar refractivity (Wildman–Crippen MR) is 82.0 cm³/mol. The van der Waals surface area contributed by atoms with Gasteiger partial charge in [-0.3, -0.25) is 0 Å². The summed E-state index contributed by atoms with van der Waals surface area (Å²) in [5.41, 5.74) is 8.79. The van der Waals surface area contributed by atoms with E-state index in [2.05, 4.69) is 4.98 Å². The Balaban J connectivity index is 2.50. The second-order valence-corrected chi connectivity index (χ2v) is 4.93. The summed E-state index contributed by atoms with van der Waals surface area (Å²) in [6.45, 7) is 3.68. The van der Waals surface area contributed by atoms with E-state index in [1.807, 2.05) is 32.0 Å². The van der Waals surface area contributed by atoms with Crippen molar-refractivity contribution in [2.45, 2.75) is 20.5 Å². The fraction of sp³-hybridized carbons (Fsp3) is 0.200. The van der Waals surface area contributed by atoms with Gasteiger partial charge in [-0.15, -0.1) is 0 Å². The van der Waals surface area contributed by atoms with Crippen LogP contribution in [0, 0.1) is 13.8 Å². The number of hydrogen-bond acceptors (Lipinski definition) is 4. The number of thiocarbonyl (C=S) groups is 1. The molecule has 5 heteroatoms. The van der Waals surface area contributed by atoms with Crippen molar-refractivity contribution in [3.63, 3.8) is 0 Å². The highest BCUT2D eigenvalue weighted by Crippen LogP contribution is 2.28. The lowest BCUT2D eigenvalue weighted by molar-refractivity contribution is 0.276. The first-order valence-corrected chi connectivity index (χ1v) is 6.58. The molecule has 1 aromatic heterocycles. The number of nitrogens with two attached hydrogens (primary N) is 1. The minimum Gasteiger partial charge on any atom is -0.438 e. The number of nitrogens with zero attached hydrogens (tertiary/aromatic N) is 1. The lowest BCUT2D eigenvalue weighted by atomic mass is 10.1. The first kappa shape index (κ1) is 14.4. The van der Waals surface area contributed by atoms with Crippen LogP contribution in [0.4, 0.5) is 0 Å². The third kappa shape index (κ3) is 2.95. The maximum Gasteiger partial charge on any atom is 0.230 e. The molecular weight excluding hydrogens is 272 g/mol. The molecule has 0 saturated heterocycles. The zero-order valence-electron chi connectivity index (χ0n) is 11.4. The Morgan fingerprint density at radius 3 is 2.70 bits per heavy atom. The van der Waals surface area contributed by atoms with Crippen molar-refractivity contribution in [1.82, 2.24) is 4.98 Å². The Morgan fingerprint density at radius 1 is 1.35 bits per heavy atom. The summed E-state index contributed by atoms with van der Waals surface area (Å²) in [7, 11) is 0. The van der Waals surface area contributed by atoms with Crippen LogP contribution >= 0.6 is 12.2 Å². The Labute approximate surface area is 123 Å². The van der Waals surface area contributed by atoms with Gasteiger partial charge >= 0.3 is 0 Å². The van der Waals surface area contributed by atoms with Gasteiger partial charge in [0.25, 0.3) is 0 Å². The minimum atomic E-state index is -0.108. The number of aromatic nitrogens is 1. The summed E-state index contributed by atoms with van der Waals surface area (Å²) in [6.07, 6.45) is 0. The number of aliphatic hydroxyl groups is 1. The Kier molecular flexibility index (Phi) is 4.32. The number of pyridine rings is 1. The highest BCUT2D eigenvalue weighted by atomic mass is 32.1. The van der Waals surface area contributed by atoms with Gasteiger partial charge in [0, 0.05) is 11.3 Å². The van der Waals surface area contributed by atoms with E-state index in [0.29, 0.717) is 22.8 Å². The molecule has 0 fully saturated rings. The molecule has 0 radical (unpaired) electrons. The third-order valence-corrected chi connectivity index (χ3v) is 3.11. The van der Waals surface area contributed by atoms with Crippen LogP contribution in [0.25, 0.3) is 0 Å². The van der Waals surface area contributed by atoms with Gasteiger partial charge in [0.15, 0.2) is 0 Å². The fourth-order valence-electron chi connectivity index (χ4n) is 2.01. The summed E-state index contributed by atoms with van der Waals surface area (Å²) in [4.78, 5) is 4.60. The van der Waals surface area contributed by atoms with Crippen LogP contribution in [0.2, 0.25) is 0 Å². The predicted octanol–water partition coefficient (Wildman–Crippen LogP) is 2.62. The molecule has 0 unspecified atom stereocenters. The highest BCUT2D eigenvalue weighted by molar-refractivity contribution is 7.80. The van der Waals surface area contributed by atoms with E-state index in [1.165, 1.54) is 0 Å². The minimum absolute atomic E-state index is 0.108. The third-order valence-electron chi connectivity index (χ3n) is 2.91. The highest BCUT2D eigenvalue weighted by Gasteiger charge is 2.15. The fourth-order valence-corrected chi connectivity index (χ4v) is 2.26. The molecule has 4 nitrogen and oxygen atoms in total. The van der Waals surface area contributed by atoms with Crippen LogP contribution in [-0.4, -0.2) is 15.1 Å². The molecule has 1 aromatic carbocycles. The lowest BCUT2D eigenvalue weighted by Crippen LogP contribution is -2.14. The zero-order valence-corrected chi connectivity index (χ0v) is 12.2. The Bertz CT molecular complexity index is 656. The van der Waals surface area contributed by atoms with Crippen molar-refractivity contribution >= 4 is 17.2 Å². The van der Waals surface area contributed by atoms with Gasteiger partial charge in [-0.25, -0.2) is 4.98 Å². The van der Waals surface area contributed by atoms with Gasteiger partial charge in [0.1, 0.15) is 10.7 Å². The molecule has 20 heavy (non-hydrogen) atoms. The molecule has 0 bridgehead atoms. The molecule has 1 heterocycles. The van der Waals surface area contributed by atoms with E-state index < -0.39 is 0 Å². The second-order valence-electron chi connectivity index (χ2n) is 4.49. The Morgan fingerprint density at radius 2 is 2.05 bits per heavy atom. The summed E-state index contributed by atoms with van der Waals surface area (Å²) in [5.74, 6) is 0.918. The molecule has 2 rings (SSSR count). The smallest absolute Gasteiger partial charge is 0.230 e. The van der Waals surface area contributed by atoms with Crippen molar-refractivity contribution in [3.8, 4) is 11.6 Å². The molecule has 0 atom stereocenters. The SMILES string of the molecule is Cc1cc(C)c(C(N)=S)c(Oc2ccccc2CO)n1. The van der Waals surface area contributed by atoms with Gasteiger partial charge in [-0.05, 0) is 31.5 Å². The van der Waals surface area contributed by atoms with E-state index in [1.54, 1.807) is 12.1 Å². The standard InChI is InChI=1S/C15H16N2O2S/c1-9-7-10(2)17-15(13(9)14(16)20)19-12-6-4-3-5-11(12)8-18/h3-7,18H,8H2,1-2H3,(H2,16,20). The zero-order chi connectivity index (χ0) is 14.7. The maximum absolute atomic E-state index is 9.33. The molecule has 0 aliphatic carbocycles. The van der Waals surface area contributed by atoms with Crippen LogP contribution < -0.4 is 10.5 Å². The van der Waals surface area contributed by atoms with E-state index in [4.69, 9.17) is 22.7 Å². The number of ether oxygens (including phenoxy) is 1. The summed E-state index contributed by atoms with van der Waals surface area (Å²) < 4.78 is 5.82. The van der Waals surface area contributed by atoms with E-state index in [-0.39, 0.29) is 11.6 Å². The van der Waals surface area contributed by atoms with Crippen LogP contribution in [0.5, 0.6) is 11.6 Å². The van der Waals surface area contributed by atoms with Crippen LogP contribution in [0.3, 0.4) is 0 Å². The van der Waals surface area contributed by atoms with E-state index in [0.717, 1.165) is 11.3 Å². The number of rotatable bonds is 4. The van der Waals surface area contributed by atoms with Gasteiger partial charge in [-0.2, -0.15) is 0 Å². The van der Waals surface area contributed by atoms with Crippen LogP contribution in [0.15, 0.2) is 30.3 Å². The van der Waals surface area contributed by atoms with Crippen LogP contribution in [0.1, 0.15) is 22.4 Å². The number of para-hydroxylation sites is 1. The van der Waals surface area contributed by atoms with Gasteiger partial charge in [0.2, 0.25) is 5.88 Å². The number of aliphatic hydroxyl groups excluding tert-OH is 1. The molecule has 0 saturated carbocycles. The molecule has 0 amide bonds. The van der Waals surface area contributed by atoms with E-state index in [9.17, 15) is 5.11 Å². The molecule has 2 aromatic rings. The monoisotopic (exact) mass is 288 g/mol. The maximum atomic E-state index is 9.33. The van der Waals surface area contributed by atoms with E-state index >= 15 is 0 Å². The van der Waals surface area contributed by atoms with Crippen LogP contribution in [-0.2, 0) is 6.61 Å². The van der Waals surface area contributed by atoms with Gasteiger partial charge in [0.05, 0.1) is 12.2 Å². The largest absolute Gasteiger partial charge is 0.438 e. The first-order chi connectivity index (χ1) is 9.52. The number of hydrogen-bond donors (Lipinski definition) is 2. The number of benzene rings is 1. The average Bonchev–Trinajstić information content (AvgIpc) is 2.38. The molecule has 104 valence electrons.